The van der Waals surface area contributed by atoms with Crippen molar-refractivity contribution in [2.75, 3.05) is 13.6 Å². The SMILES string of the molecule is CC(O)CCN(C)C(=O)c1ccccc1. The van der Waals surface area contributed by atoms with Gasteiger partial charge in [-0.1, -0.05) is 18.2 Å². The van der Waals surface area contributed by atoms with Crippen molar-refractivity contribution in [2.24, 2.45) is 0 Å². The number of hydrogen-bond donors (Lipinski definition) is 1. The summed E-state index contributed by atoms with van der Waals surface area (Å²) in [5.41, 5.74) is 0.686. The van der Waals surface area contributed by atoms with Crippen molar-refractivity contribution in [3.63, 3.8) is 0 Å². The number of aliphatic hydroxyl groups excluding tert-OH is 1. The van der Waals surface area contributed by atoms with Gasteiger partial charge in [-0.3, -0.25) is 4.79 Å². The summed E-state index contributed by atoms with van der Waals surface area (Å²) in [5, 5.41) is 9.12. The number of carbonyl (C=O) groups is 1. The lowest BCUT2D eigenvalue weighted by molar-refractivity contribution is 0.0769. The minimum absolute atomic E-state index is 0.00347. The highest BCUT2D eigenvalue weighted by atomic mass is 16.3. The van der Waals surface area contributed by atoms with Gasteiger partial charge in [-0.2, -0.15) is 0 Å². The third-order valence-electron chi connectivity index (χ3n) is 2.25. The zero-order valence-electron chi connectivity index (χ0n) is 9.18. The molecule has 1 rings (SSSR count). The molecule has 0 spiro atoms. The summed E-state index contributed by atoms with van der Waals surface area (Å²) in [6.45, 7) is 2.30. The predicted molar refractivity (Wildman–Crippen MR) is 59.7 cm³/mol. The molecule has 3 heteroatoms. The molecule has 0 bridgehead atoms. The molecule has 1 unspecified atom stereocenters. The summed E-state index contributed by atoms with van der Waals surface area (Å²) in [5.74, 6) is -0.00347. The van der Waals surface area contributed by atoms with Crippen molar-refractivity contribution >= 4 is 5.91 Å². The van der Waals surface area contributed by atoms with E-state index in [0.717, 1.165) is 0 Å². The van der Waals surface area contributed by atoms with E-state index >= 15 is 0 Å². The topological polar surface area (TPSA) is 40.5 Å². The van der Waals surface area contributed by atoms with E-state index in [1.165, 1.54) is 0 Å². The van der Waals surface area contributed by atoms with Crippen LogP contribution in [-0.2, 0) is 0 Å². The van der Waals surface area contributed by atoms with Gasteiger partial charge in [0.25, 0.3) is 5.91 Å². The first kappa shape index (κ1) is 11.7. The fourth-order valence-electron chi connectivity index (χ4n) is 1.28. The van der Waals surface area contributed by atoms with Gasteiger partial charge in [-0.05, 0) is 25.5 Å². The lowest BCUT2D eigenvalue weighted by Crippen LogP contribution is -2.29. The maximum Gasteiger partial charge on any atom is 0.253 e. The zero-order chi connectivity index (χ0) is 11.3. The molecule has 0 fully saturated rings. The van der Waals surface area contributed by atoms with Gasteiger partial charge in [-0.25, -0.2) is 0 Å². The van der Waals surface area contributed by atoms with Crippen LogP contribution in [0.15, 0.2) is 30.3 Å². The van der Waals surface area contributed by atoms with Crippen LogP contribution in [0.3, 0.4) is 0 Å². The first-order valence-electron chi connectivity index (χ1n) is 5.10. The Morgan fingerprint density at radius 1 is 1.40 bits per heavy atom. The molecule has 1 atom stereocenters. The van der Waals surface area contributed by atoms with Crippen molar-refractivity contribution in [1.82, 2.24) is 4.90 Å². The molecular weight excluding hydrogens is 190 g/mol. The van der Waals surface area contributed by atoms with Crippen molar-refractivity contribution in [3.05, 3.63) is 35.9 Å². The molecule has 1 N–H and O–H groups in total. The van der Waals surface area contributed by atoms with Gasteiger partial charge in [-0.15, -0.1) is 0 Å². The summed E-state index contributed by atoms with van der Waals surface area (Å²) in [4.78, 5) is 13.4. The summed E-state index contributed by atoms with van der Waals surface area (Å²) in [6, 6.07) is 9.15. The molecule has 82 valence electrons. The fourth-order valence-corrected chi connectivity index (χ4v) is 1.28. The molecule has 1 aromatic rings. The molecule has 0 aliphatic heterocycles. The van der Waals surface area contributed by atoms with Crippen molar-refractivity contribution in [3.8, 4) is 0 Å². The normalized spacial score (nSPS) is 12.2. The second-order valence-corrected chi connectivity index (χ2v) is 3.73. The van der Waals surface area contributed by atoms with Crippen molar-refractivity contribution < 1.29 is 9.90 Å². The van der Waals surface area contributed by atoms with Gasteiger partial charge in [0.05, 0.1) is 6.10 Å². The third kappa shape index (κ3) is 3.72. The molecule has 0 heterocycles. The second-order valence-electron chi connectivity index (χ2n) is 3.73. The Labute approximate surface area is 90.3 Å². The number of rotatable bonds is 4. The van der Waals surface area contributed by atoms with Gasteiger partial charge < -0.3 is 10.0 Å². The summed E-state index contributed by atoms with van der Waals surface area (Å²) in [7, 11) is 1.75. The highest BCUT2D eigenvalue weighted by Crippen LogP contribution is 2.04. The number of nitrogens with zero attached hydrogens (tertiary/aromatic N) is 1. The Kier molecular flexibility index (Phi) is 4.31. The first-order chi connectivity index (χ1) is 7.11. The van der Waals surface area contributed by atoms with Crippen LogP contribution in [0.25, 0.3) is 0 Å². The smallest absolute Gasteiger partial charge is 0.253 e. The first-order valence-corrected chi connectivity index (χ1v) is 5.10. The number of benzene rings is 1. The Bertz CT molecular complexity index is 309. The molecule has 0 aliphatic carbocycles. The molecule has 3 nitrogen and oxygen atoms in total. The lowest BCUT2D eigenvalue weighted by atomic mass is 10.2. The van der Waals surface area contributed by atoms with Gasteiger partial charge >= 0.3 is 0 Å². The standard InChI is InChI=1S/C12H17NO2/c1-10(14)8-9-13(2)12(15)11-6-4-3-5-7-11/h3-7,10,14H,8-9H2,1-2H3. The number of amides is 1. The van der Waals surface area contributed by atoms with Gasteiger partial charge in [0.1, 0.15) is 0 Å². The molecule has 15 heavy (non-hydrogen) atoms. The molecule has 0 aromatic heterocycles. The summed E-state index contributed by atoms with van der Waals surface area (Å²) < 4.78 is 0. The highest BCUT2D eigenvalue weighted by Gasteiger charge is 2.10. The van der Waals surface area contributed by atoms with Crippen LogP contribution in [0, 0.1) is 0 Å². The molecule has 1 amide bonds. The van der Waals surface area contributed by atoms with Gasteiger partial charge in [0.2, 0.25) is 0 Å². The Hall–Kier alpha value is -1.35. The van der Waals surface area contributed by atoms with Gasteiger partial charge in [0, 0.05) is 19.2 Å². The zero-order valence-corrected chi connectivity index (χ0v) is 9.18. The van der Waals surface area contributed by atoms with E-state index in [2.05, 4.69) is 0 Å². The second kappa shape index (κ2) is 5.51. The minimum Gasteiger partial charge on any atom is -0.393 e. The lowest BCUT2D eigenvalue weighted by Gasteiger charge is -2.17. The number of hydrogen-bond acceptors (Lipinski definition) is 2. The van der Waals surface area contributed by atoms with E-state index in [1.54, 1.807) is 31.0 Å². The Balaban J connectivity index is 2.54. The average Bonchev–Trinajstić information content (AvgIpc) is 2.26. The Morgan fingerprint density at radius 2 is 2.00 bits per heavy atom. The van der Waals surface area contributed by atoms with Crippen molar-refractivity contribution in [1.29, 1.82) is 0 Å². The van der Waals surface area contributed by atoms with E-state index in [1.807, 2.05) is 18.2 Å². The number of carbonyl (C=O) groups excluding carboxylic acids is 1. The van der Waals surface area contributed by atoms with E-state index < -0.39 is 0 Å². The fraction of sp³-hybridized carbons (Fsp3) is 0.417. The summed E-state index contributed by atoms with van der Waals surface area (Å²) in [6.07, 6.45) is 0.241. The minimum atomic E-state index is -0.365. The predicted octanol–water partition coefficient (Wildman–Crippen LogP) is 1.53. The van der Waals surface area contributed by atoms with Crippen LogP contribution in [0.1, 0.15) is 23.7 Å². The molecule has 0 radical (unpaired) electrons. The van der Waals surface area contributed by atoms with E-state index in [-0.39, 0.29) is 12.0 Å². The molecule has 0 aliphatic rings. The van der Waals surface area contributed by atoms with E-state index in [0.29, 0.717) is 18.5 Å². The van der Waals surface area contributed by atoms with Crippen LogP contribution >= 0.6 is 0 Å². The molecule has 0 saturated heterocycles. The van der Waals surface area contributed by atoms with Crippen LogP contribution < -0.4 is 0 Å². The van der Waals surface area contributed by atoms with E-state index in [9.17, 15) is 4.79 Å². The number of aliphatic hydroxyl groups is 1. The van der Waals surface area contributed by atoms with E-state index in [4.69, 9.17) is 5.11 Å². The summed E-state index contributed by atoms with van der Waals surface area (Å²) >= 11 is 0. The monoisotopic (exact) mass is 207 g/mol. The third-order valence-corrected chi connectivity index (χ3v) is 2.25. The molecule has 0 saturated carbocycles. The van der Waals surface area contributed by atoms with Crippen LogP contribution in [0.5, 0.6) is 0 Å². The molecular formula is C12H17NO2. The van der Waals surface area contributed by atoms with Crippen LogP contribution in [0.2, 0.25) is 0 Å². The Morgan fingerprint density at radius 3 is 2.53 bits per heavy atom. The average molecular weight is 207 g/mol. The highest BCUT2D eigenvalue weighted by molar-refractivity contribution is 5.93. The maximum absolute atomic E-state index is 11.8. The van der Waals surface area contributed by atoms with Crippen LogP contribution in [0.4, 0.5) is 0 Å². The van der Waals surface area contributed by atoms with Crippen LogP contribution in [-0.4, -0.2) is 35.6 Å². The van der Waals surface area contributed by atoms with Gasteiger partial charge in [0.15, 0.2) is 0 Å². The maximum atomic E-state index is 11.8. The molecule has 1 aromatic carbocycles. The largest absolute Gasteiger partial charge is 0.393 e. The quantitative estimate of drug-likeness (QED) is 0.813. The van der Waals surface area contributed by atoms with Crippen molar-refractivity contribution in [2.45, 2.75) is 19.4 Å².